The summed E-state index contributed by atoms with van der Waals surface area (Å²) < 4.78 is 5.68. The summed E-state index contributed by atoms with van der Waals surface area (Å²) in [6.07, 6.45) is 3.20. The Bertz CT molecular complexity index is 1070. The van der Waals surface area contributed by atoms with E-state index in [0.29, 0.717) is 18.7 Å². The Hall–Kier alpha value is -3.47. The number of aliphatic carboxylic acids is 2. The lowest BCUT2D eigenvalue weighted by molar-refractivity contribution is -0.134. The van der Waals surface area contributed by atoms with Crippen molar-refractivity contribution in [3.8, 4) is 16.3 Å². The fourth-order valence-electron chi connectivity index (χ4n) is 2.72. The molecule has 3 aromatic rings. The average Bonchev–Trinajstić information content (AvgIpc) is 3.48. The molecule has 0 saturated heterocycles. The molecular formula is C25H31N3O6S. The van der Waals surface area contributed by atoms with Crippen molar-refractivity contribution < 1.29 is 29.6 Å². The van der Waals surface area contributed by atoms with Crippen LogP contribution in [0, 0.1) is 0 Å². The minimum atomic E-state index is -1.26. The number of carboxylic acids is 2. The number of benzene rings is 1. The largest absolute Gasteiger partial charge is 0.491 e. The molecule has 0 aliphatic heterocycles. The molecule has 0 spiro atoms. The number of nitrogens with one attached hydrogen (secondary N) is 2. The Labute approximate surface area is 208 Å². The van der Waals surface area contributed by atoms with Crippen molar-refractivity contribution in [3.05, 3.63) is 71.5 Å². The van der Waals surface area contributed by atoms with E-state index in [-0.39, 0.29) is 12.1 Å². The molecule has 2 aromatic heterocycles. The van der Waals surface area contributed by atoms with Crippen molar-refractivity contribution in [2.24, 2.45) is 0 Å². The molecule has 0 unspecified atom stereocenters. The van der Waals surface area contributed by atoms with E-state index < -0.39 is 18.0 Å². The molecule has 2 heterocycles. The summed E-state index contributed by atoms with van der Waals surface area (Å²) in [5.41, 5.74) is 2.19. The summed E-state index contributed by atoms with van der Waals surface area (Å²) in [5.74, 6) is -0.817. The Morgan fingerprint density at radius 2 is 1.80 bits per heavy atom. The van der Waals surface area contributed by atoms with E-state index in [2.05, 4.69) is 47.5 Å². The van der Waals surface area contributed by atoms with Crippen LogP contribution in [0.1, 0.15) is 32.2 Å². The quantitative estimate of drug-likeness (QED) is 0.265. The van der Waals surface area contributed by atoms with Crippen LogP contribution in [0.15, 0.2) is 60.1 Å². The molecule has 35 heavy (non-hydrogen) atoms. The summed E-state index contributed by atoms with van der Waals surface area (Å²) in [6, 6.07) is 12.0. The first-order valence-electron chi connectivity index (χ1n) is 10.9. The van der Waals surface area contributed by atoms with E-state index in [1.165, 1.54) is 4.88 Å². The summed E-state index contributed by atoms with van der Waals surface area (Å²) >= 11 is 1.70. The van der Waals surface area contributed by atoms with Gasteiger partial charge in [-0.25, -0.2) is 14.6 Å². The third kappa shape index (κ3) is 11.5. The van der Waals surface area contributed by atoms with Gasteiger partial charge in [0.2, 0.25) is 0 Å². The molecule has 9 nitrogen and oxygen atoms in total. The molecule has 0 bridgehead atoms. The number of aromatic amines is 1. The van der Waals surface area contributed by atoms with Gasteiger partial charge in [0.1, 0.15) is 24.3 Å². The molecular weight excluding hydrogens is 470 g/mol. The molecule has 10 heteroatoms. The monoisotopic (exact) mass is 501 g/mol. The number of aromatic nitrogens is 2. The lowest BCUT2D eigenvalue weighted by Gasteiger charge is -2.23. The second-order valence-corrected chi connectivity index (χ2v) is 9.59. The topological polar surface area (TPSA) is 145 Å². The van der Waals surface area contributed by atoms with Crippen LogP contribution >= 0.6 is 11.3 Å². The number of hydrogen-bond acceptors (Lipinski definition) is 7. The molecule has 1 atom stereocenters. The van der Waals surface area contributed by atoms with E-state index in [0.717, 1.165) is 29.3 Å². The second kappa shape index (κ2) is 13.4. The maximum Gasteiger partial charge on any atom is 0.328 e. The minimum Gasteiger partial charge on any atom is -0.491 e. The smallest absolute Gasteiger partial charge is 0.328 e. The third-order valence-corrected chi connectivity index (χ3v) is 5.29. The molecule has 0 fully saturated rings. The number of H-pyrrole nitrogens is 1. The van der Waals surface area contributed by atoms with Crippen molar-refractivity contribution in [3.63, 3.8) is 0 Å². The van der Waals surface area contributed by atoms with Gasteiger partial charge in [0, 0.05) is 30.7 Å². The molecule has 5 N–H and O–H groups in total. The third-order valence-electron chi connectivity index (χ3n) is 4.39. The van der Waals surface area contributed by atoms with Gasteiger partial charge in [0.25, 0.3) is 0 Å². The Morgan fingerprint density at radius 3 is 2.34 bits per heavy atom. The number of aliphatic hydroxyl groups is 1. The average molecular weight is 502 g/mol. The number of ether oxygens (including phenoxy) is 1. The molecule has 0 saturated carbocycles. The zero-order valence-electron chi connectivity index (χ0n) is 19.9. The van der Waals surface area contributed by atoms with E-state index in [9.17, 15) is 14.7 Å². The van der Waals surface area contributed by atoms with Gasteiger partial charge in [0.05, 0.1) is 16.8 Å². The molecule has 0 aliphatic rings. The first-order valence-corrected chi connectivity index (χ1v) is 11.8. The number of carboxylic acid groups (broad SMARTS) is 2. The van der Waals surface area contributed by atoms with Crippen LogP contribution in [0.25, 0.3) is 10.6 Å². The predicted molar refractivity (Wildman–Crippen MR) is 135 cm³/mol. The van der Waals surface area contributed by atoms with Crippen LogP contribution in [-0.2, 0) is 16.0 Å². The van der Waals surface area contributed by atoms with Gasteiger partial charge in [0.15, 0.2) is 0 Å². The van der Waals surface area contributed by atoms with Crippen LogP contribution in [0.5, 0.6) is 5.75 Å². The van der Waals surface area contributed by atoms with E-state index >= 15 is 0 Å². The predicted octanol–water partition coefficient (Wildman–Crippen LogP) is 3.57. The summed E-state index contributed by atoms with van der Waals surface area (Å²) in [5, 5.41) is 31.0. The van der Waals surface area contributed by atoms with Gasteiger partial charge >= 0.3 is 11.9 Å². The highest BCUT2D eigenvalue weighted by molar-refractivity contribution is 7.13. The maximum atomic E-state index is 10.0. The molecule has 1 aromatic carbocycles. The van der Waals surface area contributed by atoms with Gasteiger partial charge in [-0.1, -0.05) is 18.2 Å². The van der Waals surface area contributed by atoms with Crippen molar-refractivity contribution in [2.45, 2.75) is 38.8 Å². The van der Waals surface area contributed by atoms with Gasteiger partial charge in [-0.2, -0.15) is 0 Å². The van der Waals surface area contributed by atoms with Crippen LogP contribution in [-0.4, -0.2) is 62.0 Å². The minimum absolute atomic E-state index is 0.0160. The van der Waals surface area contributed by atoms with Crippen molar-refractivity contribution in [1.82, 2.24) is 15.3 Å². The Balaban J connectivity index is 0.000000466. The second-order valence-electron chi connectivity index (χ2n) is 8.65. The van der Waals surface area contributed by atoms with Gasteiger partial charge in [-0.3, -0.25) is 0 Å². The van der Waals surface area contributed by atoms with Crippen LogP contribution in [0.3, 0.4) is 0 Å². The fraction of sp³-hybridized carbons (Fsp3) is 0.320. The van der Waals surface area contributed by atoms with Crippen molar-refractivity contribution in [1.29, 1.82) is 0 Å². The number of imidazole rings is 1. The standard InChI is InChI=1S/C21H27N3O2S.C4H4O4/c1-21(2,3)23-12-16(25)14-26-17-8-6-15(7-9-17)11-20-22-13-18(24-20)19-5-4-10-27-19;5-3(6)1-2-4(7)8/h4-10,13,16,23,25H,11-12,14H2,1-3H3,(H,22,24);1-2H,(H,5,6)(H,7,8)/t16-;/m0./s1. The first kappa shape index (κ1) is 27.8. The van der Waals surface area contributed by atoms with Crippen LogP contribution in [0.4, 0.5) is 0 Å². The number of carbonyl (C=O) groups is 2. The highest BCUT2D eigenvalue weighted by Gasteiger charge is 2.12. The van der Waals surface area contributed by atoms with E-state index in [1.54, 1.807) is 11.3 Å². The Morgan fingerprint density at radius 1 is 1.14 bits per heavy atom. The van der Waals surface area contributed by atoms with E-state index in [1.807, 2.05) is 36.5 Å². The lowest BCUT2D eigenvalue weighted by atomic mass is 10.1. The number of aliphatic hydroxyl groups excluding tert-OH is 1. The number of nitrogens with zero attached hydrogens (tertiary/aromatic N) is 1. The highest BCUT2D eigenvalue weighted by atomic mass is 32.1. The molecule has 0 radical (unpaired) electrons. The normalized spacial score (nSPS) is 12.1. The lowest BCUT2D eigenvalue weighted by Crippen LogP contribution is -2.42. The fourth-order valence-corrected chi connectivity index (χ4v) is 3.42. The van der Waals surface area contributed by atoms with Gasteiger partial charge < -0.3 is 30.4 Å². The van der Waals surface area contributed by atoms with Crippen molar-refractivity contribution >= 4 is 23.3 Å². The number of β-amino-alcohol motifs (C(OH)–C–C–N with tert-alkyl or cyclic N) is 1. The number of thiophene rings is 1. The summed E-state index contributed by atoms with van der Waals surface area (Å²) in [7, 11) is 0. The maximum absolute atomic E-state index is 10.0. The molecule has 3 rings (SSSR count). The first-order chi connectivity index (χ1) is 16.5. The summed E-state index contributed by atoms with van der Waals surface area (Å²) in [4.78, 5) is 28.1. The van der Waals surface area contributed by atoms with Gasteiger partial charge in [-0.05, 0) is 49.9 Å². The zero-order chi connectivity index (χ0) is 25.8. The number of hydrogen-bond donors (Lipinski definition) is 5. The van der Waals surface area contributed by atoms with Crippen molar-refractivity contribution in [2.75, 3.05) is 13.2 Å². The van der Waals surface area contributed by atoms with Crippen LogP contribution in [0.2, 0.25) is 0 Å². The van der Waals surface area contributed by atoms with E-state index in [4.69, 9.17) is 14.9 Å². The molecule has 188 valence electrons. The number of rotatable bonds is 10. The zero-order valence-corrected chi connectivity index (χ0v) is 20.7. The Kier molecular flexibility index (Phi) is 10.7. The SMILES string of the molecule is CC(C)(C)NC[C@H](O)COc1ccc(Cc2ncc(-c3cccs3)[nH]2)cc1.O=C(O)C=CC(=O)O. The van der Waals surface area contributed by atoms with Gasteiger partial charge in [-0.15, -0.1) is 11.3 Å². The molecule has 0 aliphatic carbocycles. The summed E-state index contributed by atoms with van der Waals surface area (Å²) in [6.45, 7) is 6.99. The highest BCUT2D eigenvalue weighted by Crippen LogP contribution is 2.23. The molecule has 0 amide bonds. The van der Waals surface area contributed by atoms with Crippen LogP contribution < -0.4 is 10.1 Å².